The van der Waals surface area contributed by atoms with Crippen molar-refractivity contribution in [2.24, 2.45) is 0 Å². The van der Waals surface area contributed by atoms with E-state index in [0.717, 1.165) is 10.6 Å². The summed E-state index contributed by atoms with van der Waals surface area (Å²) in [5.41, 5.74) is 0.733. The summed E-state index contributed by atoms with van der Waals surface area (Å²) < 4.78 is 61.8. The van der Waals surface area contributed by atoms with Gasteiger partial charge in [0.2, 0.25) is 16.8 Å². The molecule has 1 aliphatic heterocycles. The molecule has 134 valence electrons. The summed E-state index contributed by atoms with van der Waals surface area (Å²) in [7, 11) is -5.78. The molecule has 0 radical (unpaired) electrons. The Bertz CT molecular complexity index is 1000. The predicted molar refractivity (Wildman–Crippen MR) is 93.1 cm³/mol. The van der Waals surface area contributed by atoms with Crippen LogP contribution in [-0.2, 0) is 20.0 Å². The second-order valence-corrected chi connectivity index (χ2v) is 9.09. The van der Waals surface area contributed by atoms with Crippen LogP contribution in [0, 0.1) is 0 Å². The van der Waals surface area contributed by atoms with Gasteiger partial charge in [-0.3, -0.25) is 9.03 Å². The summed E-state index contributed by atoms with van der Waals surface area (Å²) >= 11 is 0. The van der Waals surface area contributed by atoms with Crippen molar-refractivity contribution in [2.75, 3.05) is 29.1 Å². The van der Waals surface area contributed by atoms with E-state index in [0.29, 0.717) is 22.9 Å². The molecule has 0 amide bonds. The molecule has 8 nitrogen and oxygen atoms in total. The Labute approximate surface area is 146 Å². The van der Waals surface area contributed by atoms with Gasteiger partial charge in [0.15, 0.2) is 11.5 Å². The fourth-order valence-electron chi connectivity index (χ4n) is 2.19. The van der Waals surface area contributed by atoms with Gasteiger partial charge in [-0.1, -0.05) is 0 Å². The predicted octanol–water partition coefficient (Wildman–Crippen LogP) is 1.61. The van der Waals surface area contributed by atoms with Crippen LogP contribution in [0.25, 0.3) is 0 Å². The minimum Gasteiger partial charge on any atom is -0.454 e. The second kappa shape index (κ2) is 6.12. The summed E-state index contributed by atoms with van der Waals surface area (Å²) in [5, 5.41) is 0. The standard InChI is InChI=1S/C15H16N2O6S2/c1-17(24(2,18)19)12-5-3-11(4-6-12)16-25(20,21)13-7-8-14-15(9-13)23-10-22-14/h3-9,16H,10H2,1-2H3. The monoisotopic (exact) mass is 384 g/mol. The van der Waals surface area contributed by atoms with E-state index in [4.69, 9.17) is 9.47 Å². The molecule has 0 atom stereocenters. The Hall–Kier alpha value is -2.46. The maximum Gasteiger partial charge on any atom is 0.262 e. The van der Waals surface area contributed by atoms with E-state index in [1.54, 1.807) is 0 Å². The number of hydrogen-bond donors (Lipinski definition) is 1. The third kappa shape index (κ3) is 3.64. The molecule has 0 saturated carbocycles. The number of anilines is 2. The van der Waals surface area contributed by atoms with Crippen LogP contribution in [0.2, 0.25) is 0 Å². The molecule has 0 spiro atoms. The molecule has 0 fully saturated rings. The summed E-state index contributed by atoms with van der Waals surface area (Å²) in [6.07, 6.45) is 1.09. The highest BCUT2D eigenvalue weighted by Crippen LogP contribution is 2.34. The summed E-state index contributed by atoms with van der Waals surface area (Å²) in [6, 6.07) is 10.3. The SMILES string of the molecule is CN(c1ccc(NS(=O)(=O)c2ccc3c(c2)OCO3)cc1)S(C)(=O)=O. The van der Waals surface area contributed by atoms with Crippen molar-refractivity contribution in [1.29, 1.82) is 0 Å². The van der Waals surface area contributed by atoms with E-state index >= 15 is 0 Å². The first kappa shape index (κ1) is 17.4. The Kier molecular flexibility index (Phi) is 4.25. The minimum atomic E-state index is -3.81. The fraction of sp³-hybridized carbons (Fsp3) is 0.200. The van der Waals surface area contributed by atoms with E-state index in [2.05, 4.69) is 4.72 Å². The van der Waals surface area contributed by atoms with E-state index in [1.165, 1.54) is 49.5 Å². The van der Waals surface area contributed by atoms with Crippen LogP contribution in [0.1, 0.15) is 0 Å². The largest absolute Gasteiger partial charge is 0.454 e. The van der Waals surface area contributed by atoms with E-state index in [-0.39, 0.29) is 11.7 Å². The van der Waals surface area contributed by atoms with Crippen molar-refractivity contribution >= 4 is 31.4 Å². The molecule has 2 aromatic carbocycles. The Balaban J connectivity index is 1.82. The minimum absolute atomic E-state index is 0.0362. The first-order chi connectivity index (χ1) is 11.7. The molecule has 25 heavy (non-hydrogen) atoms. The van der Waals surface area contributed by atoms with Gasteiger partial charge in [0.05, 0.1) is 16.8 Å². The topological polar surface area (TPSA) is 102 Å². The molecule has 0 saturated heterocycles. The van der Waals surface area contributed by atoms with E-state index in [9.17, 15) is 16.8 Å². The third-order valence-corrected chi connectivity index (χ3v) is 6.22. The highest BCUT2D eigenvalue weighted by Gasteiger charge is 2.20. The second-order valence-electron chi connectivity index (χ2n) is 5.40. The van der Waals surface area contributed by atoms with Crippen LogP contribution < -0.4 is 18.5 Å². The fourth-order valence-corrected chi connectivity index (χ4v) is 3.77. The lowest BCUT2D eigenvalue weighted by Gasteiger charge is -2.17. The quantitative estimate of drug-likeness (QED) is 0.840. The van der Waals surface area contributed by atoms with Crippen molar-refractivity contribution in [3.05, 3.63) is 42.5 Å². The molecule has 0 bridgehead atoms. The number of nitrogens with one attached hydrogen (secondary N) is 1. The summed E-state index contributed by atoms with van der Waals surface area (Å²) in [6.45, 7) is 0.0571. The highest BCUT2D eigenvalue weighted by atomic mass is 32.2. The van der Waals surface area contributed by atoms with Gasteiger partial charge in [-0.15, -0.1) is 0 Å². The van der Waals surface area contributed by atoms with Gasteiger partial charge in [0.25, 0.3) is 10.0 Å². The van der Waals surface area contributed by atoms with Crippen LogP contribution in [0.15, 0.2) is 47.4 Å². The van der Waals surface area contributed by atoms with Crippen molar-refractivity contribution in [3.63, 3.8) is 0 Å². The van der Waals surface area contributed by atoms with Gasteiger partial charge in [-0.25, -0.2) is 16.8 Å². The molecular formula is C15H16N2O6S2. The molecule has 1 aliphatic rings. The van der Waals surface area contributed by atoms with E-state index in [1.807, 2.05) is 0 Å². The average Bonchev–Trinajstić information content (AvgIpc) is 3.01. The molecular weight excluding hydrogens is 368 g/mol. The molecule has 0 unspecified atom stereocenters. The Morgan fingerprint density at radius 3 is 2.24 bits per heavy atom. The molecule has 3 rings (SSSR count). The molecule has 2 aromatic rings. The zero-order chi connectivity index (χ0) is 18.2. The maximum atomic E-state index is 12.5. The number of nitrogens with zero attached hydrogens (tertiary/aromatic N) is 1. The van der Waals surface area contributed by atoms with Crippen LogP contribution in [0.5, 0.6) is 11.5 Å². The molecule has 1 N–H and O–H groups in total. The highest BCUT2D eigenvalue weighted by molar-refractivity contribution is 7.92. The lowest BCUT2D eigenvalue weighted by molar-refractivity contribution is 0.174. The number of rotatable bonds is 5. The Morgan fingerprint density at radius 2 is 1.60 bits per heavy atom. The van der Waals surface area contributed by atoms with Gasteiger partial charge in [-0.05, 0) is 36.4 Å². The van der Waals surface area contributed by atoms with Crippen LogP contribution >= 0.6 is 0 Å². The zero-order valence-electron chi connectivity index (χ0n) is 13.5. The lowest BCUT2D eigenvalue weighted by atomic mass is 10.3. The van der Waals surface area contributed by atoms with Crippen molar-refractivity contribution in [1.82, 2.24) is 0 Å². The Morgan fingerprint density at radius 1 is 0.960 bits per heavy atom. The number of benzene rings is 2. The zero-order valence-corrected chi connectivity index (χ0v) is 15.1. The number of hydrogen-bond acceptors (Lipinski definition) is 6. The molecule has 0 aromatic heterocycles. The van der Waals surface area contributed by atoms with Gasteiger partial charge < -0.3 is 9.47 Å². The van der Waals surface area contributed by atoms with Crippen LogP contribution in [0.4, 0.5) is 11.4 Å². The van der Waals surface area contributed by atoms with Crippen LogP contribution in [0.3, 0.4) is 0 Å². The molecule has 1 heterocycles. The smallest absolute Gasteiger partial charge is 0.262 e. The summed E-state index contributed by atoms with van der Waals surface area (Å²) in [4.78, 5) is 0.0362. The maximum absolute atomic E-state index is 12.5. The van der Waals surface area contributed by atoms with Gasteiger partial charge >= 0.3 is 0 Å². The summed E-state index contributed by atoms with van der Waals surface area (Å²) in [5.74, 6) is 0.861. The number of ether oxygens (including phenoxy) is 2. The number of sulfonamides is 2. The lowest BCUT2D eigenvalue weighted by Crippen LogP contribution is -2.24. The number of fused-ring (bicyclic) bond motifs is 1. The van der Waals surface area contributed by atoms with Crippen molar-refractivity contribution < 1.29 is 26.3 Å². The third-order valence-electron chi connectivity index (χ3n) is 3.63. The van der Waals surface area contributed by atoms with Gasteiger partial charge in [0.1, 0.15) is 0 Å². The van der Waals surface area contributed by atoms with Crippen molar-refractivity contribution in [3.8, 4) is 11.5 Å². The van der Waals surface area contributed by atoms with Crippen molar-refractivity contribution in [2.45, 2.75) is 4.90 Å². The molecule has 10 heteroatoms. The first-order valence-corrected chi connectivity index (χ1v) is 10.5. The van der Waals surface area contributed by atoms with Gasteiger partial charge in [-0.2, -0.15) is 0 Å². The van der Waals surface area contributed by atoms with Gasteiger partial charge in [0, 0.05) is 18.8 Å². The normalized spacial score (nSPS) is 13.5. The van der Waals surface area contributed by atoms with Crippen LogP contribution in [-0.4, -0.2) is 36.9 Å². The van der Waals surface area contributed by atoms with E-state index < -0.39 is 20.0 Å². The average molecular weight is 384 g/mol. The molecule has 0 aliphatic carbocycles. The first-order valence-electron chi connectivity index (χ1n) is 7.13.